The molecule has 0 aliphatic heterocycles. The zero-order valence-corrected chi connectivity index (χ0v) is 10.5. The Kier molecular flexibility index (Phi) is 3.83. The van der Waals surface area contributed by atoms with Crippen molar-refractivity contribution in [1.82, 2.24) is 0 Å². The fraction of sp³-hybridized carbons (Fsp3) is 0.214. The van der Waals surface area contributed by atoms with Gasteiger partial charge in [-0.1, -0.05) is 24.3 Å². The van der Waals surface area contributed by atoms with Gasteiger partial charge < -0.3 is 10.5 Å². The molecule has 0 heterocycles. The van der Waals surface area contributed by atoms with Gasteiger partial charge in [-0.25, -0.2) is 0 Å². The molecule has 6 heteroatoms. The first kappa shape index (κ1) is 14.2. The molecular weight excluding hydrogens is 269 g/mol. The van der Waals surface area contributed by atoms with Crippen molar-refractivity contribution in [2.75, 3.05) is 6.61 Å². The number of fused-ring (bicyclic) bond motifs is 1. The van der Waals surface area contributed by atoms with E-state index < -0.39 is 19.2 Å². The van der Waals surface area contributed by atoms with Crippen molar-refractivity contribution >= 4 is 16.6 Å². The third kappa shape index (κ3) is 3.20. The maximum absolute atomic E-state index is 12.1. The molecule has 2 aromatic rings. The summed E-state index contributed by atoms with van der Waals surface area (Å²) in [5.74, 6) is 0.262. The van der Waals surface area contributed by atoms with Crippen LogP contribution < -0.4 is 10.5 Å². The predicted molar refractivity (Wildman–Crippen MR) is 71.1 cm³/mol. The van der Waals surface area contributed by atoms with Crippen LogP contribution in [0.4, 0.5) is 13.2 Å². The molecule has 0 unspecified atom stereocenters. The van der Waals surface area contributed by atoms with Crippen LogP contribution in [-0.4, -0.2) is 18.6 Å². The summed E-state index contributed by atoms with van der Waals surface area (Å²) >= 11 is 0. The Labute approximate surface area is 113 Å². The highest BCUT2D eigenvalue weighted by atomic mass is 19.4. The van der Waals surface area contributed by atoms with Crippen LogP contribution in [0.1, 0.15) is 12.0 Å². The second-order valence-electron chi connectivity index (χ2n) is 4.28. The molecule has 0 spiro atoms. The summed E-state index contributed by atoms with van der Waals surface area (Å²) in [6.07, 6.45) is -5.25. The van der Waals surface area contributed by atoms with Gasteiger partial charge in [0.1, 0.15) is 11.6 Å². The van der Waals surface area contributed by atoms with E-state index in [1.807, 2.05) is 0 Å². The Morgan fingerprint density at radius 1 is 1.10 bits per heavy atom. The minimum absolute atomic E-state index is 0.0944. The smallest absolute Gasteiger partial charge is 0.392 e. The molecule has 0 saturated carbocycles. The van der Waals surface area contributed by atoms with Crippen molar-refractivity contribution < 1.29 is 17.9 Å². The summed E-state index contributed by atoms with van der Waals surface area (Å²) in [5, 5.41) is 8.82. The lowest BCUT2D eigenvalue weighted by Crippen LogP contribution is -2.14. The van der Waals surface area contributed by atoms with E-state index in [9.17, 15) is 13.2 Å². The molecule has 2 rings (SSSR count). The molecule has 106 valence electrons. The molecular formula is C14H13F3N2O. The summed E-state index contributed by atoms with van der Waals surface area (Å²) < 4.78 is 41.6. The largest absolute Gasteiger partial charge is 0.493 e. The van der Waals surface area contributed by atoms with Crippen LogP contribution in [0.3, 0.4) is 0 Å². The molecule has 3 nitrogen and oxygen atoms in total. The SMILES string of the molecule is N=C(N)c1ccc(OCCC(F)(F)F)c2ccccc12. The fourth-order valence-electron chi connectivity index (χ4n) is 1.91. The number of nitrogens with two attached hydrogens (primary N) is 1. The summed E-state index contributed by atoms with van der Waals surface area (Å²) in [7, 11) is 0. The maximum Gasteiger partial charge on any atom is 0.392 e. The minimum atomic E-state index is -4.24. The summed E-state index contributed by atoms with van der Waals surface area (Å²) in [4.78, 5) is 0. The average molecular weight is 282 g/mol. The highest BCUT2D eigenvalue weighted by molar-refractivity contribution is 6.09. The third-order valence-corrected chi connectivity index (χ3v) is 2.82. The average Bonchev–Trinajstić information content (AvgIpc) is 2.37. The molecule has 0 fully saturated rings. The van der Waals surface area contributed by atoms with E-state index in [1.165, 1.54) is 6.07 Å². The Morgan fingerprint density at radius 3 is 2.35 bits per heavy atom. The molecule has 0 amide bonds. The first-order chi connectivity index (χ1) is 9.38. The van der Waals surface area contributed by atoms with Gasteiger partial charge in [-0.3, -0.25) is 5.41 Å². The van der Waals surface area contributed by atoms with Crippen molar-refractivity contribution in [2.24, 2.45) is 5.73 Å². The lowest BCUT2D eigenvalue weighted by Gasteiger charge is -2.12. The van der Waals surface area contributed by atoms with Crippen LogP contribution in [0.5, 0.6) is 5.75 Å². The van der Waals surface area contributed by atoms with E-state index in [-0.39, 0.29) is 5.84 Å². The molecule has 0 atom stereocenters. The molecule has 0 saturated heterocycles. The lowest BCUT2D eigenvalue weighted by molar-refractivity contribution is -0.139. The summed E-state index contributed by atoms with van der Waals surface area (Å²) in [5.41, 5.74) is 6.01. The zero-order valence-electron chi connectivity index (χ0n) is 10.5. The van der Waals surface area contributed by atoms with E-state index in [0.29, 0.717) is 22.1 Å². The number of halogens is 3. The molecule has 3 N–H and O–H groups in total. The predicted octanol–water partition coefficient (Wildman–Crippen LogP) is 3.46. The molecule has 0 aromatic heterocycles. The number of hydrogen-bond donors (Lipinski definition) is 2. The van der Waals surface area contributed by atoms with E-state index in [1.54, 1.807) is 30.3 Å². The van der Waals surface area contributed by atoms with Crippen molar-refractivity contribution in [1.29, 1.82) is 5.41 Å². The van der Waals surface area contributed by atoms with Crippen LogP contribution in [0.25, 0.3) is 10.8 Å². The number of hydrogen-bond acceptors (Lipinski definition) is 2. The monoisotopic (exact) mass is 282 g/mol. The van der Waals surface area contributed by atoms with E-state index in [4.69, 9.17) is 15.9 Å². The van der Waals surface area contributed by atoms with Gasteiger partial charge in [-0.15, -0.1) is 0 Å². The van der Waals surface area contributed by atoms with E-state index >= 15 is 0 Å². The van der Waals surface area contributed by atoms with E-state index in [0.717, 1.165) is 0 Å². The standard InChI is InChI=1S/C14H13F3N2O/c15-14(16,17)7-8-20-12-6-5-11(13(18)19)9-3-1-2-4-10(9)12/h1-6H,7-8H2,(H3,18,19). The summed E-state index contributed by atoms with van der Waals surface area (Å²) in [6.45, 7) is -0.438. The van der Waals surface area contributed by atoms with Crippen molar-refractivity contribution in [2.45, 2.75) is 12.6 Å². The maximum atomic E-state index is 12.1. The molecule has 0 aliphatic carbocycles. The van der Waals surface area contributed by atoms with Gasteiger partial charge in [0.15, 0.2) is 0 Å². The van der Waals surface area contributed by atoms with Crippen LogP contribution in [0, 0.1) is 5.41 Å². The van der Waals surface area contributed by atoms with Gasteiger partial charge in [0.25, 0.3) is 0 Å². The van der Waals surface area contributed by atoms with Crippen LogP contribution in [0.15, 0.2) is 36.4 Å². The number of nitrogens with one attached hydrogen (secondary N) is 1. The van der Waals surface area contributed by atoms with Gasteiger partial charge in [0, 0.05) is 10.9 Å². The Balaban J connectivity index is 2.31. The quantitative estimate of drug-likeness (QED) is 0.666. The molecule has 2 aromatic carbocycles. The normalized spacial score (nSPS) is 11.6. The van der Waals surface area contributed by atoms with Gasteiger partial charge in [0.05, 0.1) is 13.0 Å². The highest BCUT2D eigenvalue weighted by Crippen LogP contribution is 2.29. The number of alkyl halides is 3. The Morgan fingerprint density at radius 2 is 1.75 bits per heavy atom. The fourth-order valence-corrected chi connectivity index (χ4v) is 1.91. The zero-order chi connectivity index (χ0) is 14.8. The van der Waals surface area contributed by atoms with Gasteiger partial charge in [-0.2, -0.15) is 13.2 Å². The number of benzene rings is 2. The topological polar surface area (TPSA) is 59.1 Å². The van der Waals surface area contributed by atoms with Gasteiger partial charge in [0.2, 0.25) is 0 Å². The lowest BCUT2D eigenvalue weighted by atomic mass is 10.0. The molecule has 20 heavy (non-hydrogen) atoms. The third-order valence-electron chi connectivity index (χ3n) is 2.82. The first-order valence-corrected chi connectivity index (χ1v) is 5.94. The van der Waals surface area contributed by atoms with Gasteiger partial charge in [-0.05, 0) is 17.5 Å². The molecule has 0 aliphatic rings. The van der Waals surface area contributed by atoms with Crippen molar-refractivity contribution in [3.63, 3.8) is 0 Å². The van der Waals surface area contributed by atoms with Crippen LogP contribution in [0.2, 0.25) is 0 Å². The first-order valence-electron chi connectivity index (χ1n) is 5.94. The Bertz CT molecular complexity index is 638. The number of ether oxygens (including phenoxy) is 1. The highest BCUT2D eigenvalue weighted by Gasteiger charge is 2.27. The summed E-state index contributed by atoms with van der Waals surface area (Å²) in [6, 6.07) is 10.1. The number of amidine groups is 1. The van der Waals surface area contributed by atoms with E-state index in [2.05, 4.69) is 0 Å². The van der Waals surface area contributed by atoms with Crippen molar-refractivity contribution in [3.05, 3.63) is 42.0 Å². The second-order valence-corrected chi connectivity index (χ2v) is 4.28. The van der Waals surface area contributed by atoms with Crippen LogP contribution in [-0.2, 0) is 0 Å². The van der Waals surface area contributed by atoms with Crippen LogP contribution >= 0.6 is 0 Å². The van der Waals surface area contributed by atoms with Crippen molar-refractivity contribution in [3.8, 4) is 5.75 Å². The minimum Gasteiger partial charge on any atom is -0.493 e. The number of rotatable bonds is 4. The second kappa shape index (κ2) is 5.40. The van der Waals surface area contributed by atoms with Gasteiger partial charge >= 0.3 is 6.18 Å². The molecule has 0 bridgehead atoms. The molecule has 0 radical (unpaired) electrons. The number of nitrogen functional groups attached to an aromatic ring is 1. The Hall–Kier alpha value is -2.24.